The molecule has 0 aromatic heterocycles. The van der Waals surface area contributed by atoms with Gasteiger partial charge in [-0.25, -0.2) is 13.1 Å². The van der Waals surface area contributed by atoms with Gasteiger partial charge in [0.05, 0.1) is 4.90 Å². The highest BCUT2D eigenvalue weighted by Gasteiger charge is 2.14. The zero-order chi connectivity index (χ0) is 15.1. The van der Waals surface area contributed by atoms with Crippen molar-refractivity contribution in [1.29, 1.82) is 0 Å². The molecule has 0 saturated carbocycles. The molecule has 1 unspecified atom stereocenters. The molecule has 1 fully saturated rings. The fraction of sp³-hybridized carbons (Fsp3) is 0.600. The van der Waals surface area contributed by atoms with Crippen molar-refractivity contribution in [2.24, 2.45) is 0 Å². The fourth-order valence-electron chi connectivity index (χ4n) is 2.47. The number of benzene rings is 1. The molecule has 0 aliphatic carbocycles. The van der Waals surface area contributed by atoms with Gasteiger partial charge in [0.15, 0.2) is 0 Å². The van der Waals surface area contributed by atoms with Crippen molar-refractivity contribution in [1.82, 2.24) is 10.0 Å². The summed E-state index contributed by atoms with van der Waals surface area (Å²) >= 11 is 0. The highest BCUT2D eigenvalue weighted by molar-refractivity contribution is 7.89. The van der Waals surface area contributed by atoms with Gasteiger partial charge >= 0.3 is 0 Å². The predicted molar refractivity (Wildman–Crippen MR) is 86.1 cm³/mol. The van der Waals surface area contributed by atoms with E-state index in [0.717, 1.165) is 31.6 Å². The first-order chi connectivity index (χ1) is 10.1. The maximum Gasteiger partial charge on any atom is 0.240 e. The van der Waals surface area contributed by atoms with Crippen LogP contribution in [0.15, 0.2) is 29.2 Å². The maximum absolute atomic E-state index is 12.0. The molecule has 0 radical (unpaired) electrons. The minimum absolute atomic E-state index is 0.318. The van der Waals surface area contributed by atoms with E-state index in [-0.39, 0.29) is 0 Å². The molecule has 1 atom stereocenters. The zero-order valence-corrected chi connectivity index (χ0v) is 13.4. The summed E-state index contributed by atoms with van der Waals surface area (Å²) in [4.78, 5) is 0.318. The normalized spacial score (nSPS) is 18.8. The van der Waals surface area contributed by atoms with Gasteiger partial charge in [0.2, 0.25) is 10.0 Å². The smallest absolute Gasteiger partial charge is 0.240 e. The molecule has 1 aliphatic heterocycles. The quantitative estimate of drug-likeness (QED) is 0.686. The van der Waals surface area contributed by atoms with Crippen molar-refractivity contribution >= 4 is 15.7 Å². The van der Waals surface area contributed by atoms with Crippen molar-refractivity contribution in [3.63, 3.8) is 0 Å². The summed E-state index contributed by atoms with van der Waals surface area (Å²) in [7, 11) is -3.36. The lowest BCUT2D eigenvalue weighted by Gasteiger charge is -2.12. The van der Waals surface area contributed by atoms with Crippen LogP contribution in [0.1, 0.15) is 32.6 Å². The van der Waals surface area contributed by atoms with Crippen LogP contribution < -0.4 is 15.4 Å². The lowest BCUT2D eigenvalue weighted by atomic mass is 10.1. The SMILES string of the molecule is CCCNS(=O)(=O)c1ccc(NCCC2CCCN2)cc1. The van der Waals surface area contributed by atoms with E-state index in [9.17, 15) is 8.42 Å². The van der Waals surface area contributed by atoms with Gasteiger partial charge in [0, 0.05) is 24.8 Å². The highest BCUT2D eigenvalue weighted by atomic mass is 32.2. The number of anilines is 1. The minimum Gasteiger partial charge on any atom is -0.385 e. The molecular weight excluding hydrogens is 286 g/mol. The van der Waals surface area contributed by atoms with E-state index in [0.29, 0.717) is 17.5 Å². The number of hydrogen-bond donors (Lipinski definition) is 3. The Bertz CT molecular complexity index is 522. The average molecular weight is 311 g/mol. The topological polar surface area (TPSA) is 70.2 Å². The molecule has 5 nitrogen and oxygen atoms in total. The molecule has 0 spiro atoms. The molecule has 1 aromatic rings. The molecule has 118 valence electrons. The van der Waals surface area contributed by atoms with Crippen LogP contribution in [0.5, 0.6) is 0 Å². The zero-order valence-electron chi connectivity index (χ0n) is 12.6. The van der Waals surface area contributed by atoms with Crippen molar-refractivity contribution in [2.75, 3.05) is 25.0 Å². The van der Waals surface area contributed by atoms with Crippen molar-refractivity contribution in [3.05, 3.63) is 24.3 Å². The van der Waals surface area contributed by atoms with Crippen LogP contribution in [-0.4, -0.2) is 34.1 Å². The Balaban J connectivity index is 1.83. The third-order valence-corrected chi connectivity index (χ3v) is 5.17. The van der Waals surface area contributed by atoms with Gasteiger partial charge in [0.25, 0.3) is 0 Å². The second-order valence-corrected chi connectivity index (χ2v) is 7.20. The molecule has 3 N–H and O–H groups in total. The van der Waals surface area contributed by atoms with E-state index < -0.39 is 10.0 Å². The molecule has 1 aromatic carbocycles. The Morgan fingerprint density at radius 3 is 2.62 bits per heavy atom. The van der Waals surface area contributed by atoms with Crippen LogP contribution in [0.25, 0.3) is 0 Å². The van der Waals surface area contributed by atoms with Gasteiger partial charge in [-0.1, -0.05) is 6.92 Å². The third kappa shape index (κ3) is 4.98. The maximum atomic E-state index is 12.0. The lowest BCUT2D eigenvalue weighted by Crippen LogP contribution is -2.24. The monoisotopic (exact) mass is 311 g/mol. The molecule has 1 aliphatic rings. The molecule has 1 heterocycles. The van der Waals surface area contributed by atoms with E-state index in [1.165, 1.54) is 12.8 Å². The summed E-state index contributed by atoms with van der Waals surface area (Å²) < 4.78 is 26.5. The van der Waals surface area contributed by atoms with Crippen LogP contribution in [0.2, 0.25) is 0 Å². The second-order valence-electron chi connectivity index (χ2n) is 5.43. The van der Waals surface area contributed by atoms with Crippen LogP contribution in [0.4, 0.5) is 5.69 Å². The Kier molecular flexibility index (Phi) is 6.02. The summed E-state index contributed by atoms with van der Waals surface area (Å²) in [6, 6.07) is 7.56. The summed E-state index contributed by atoms with van der Waals surface area (Å²) in [6.45, 7) is 4.44. The minimum atomic E-state index is -3.36. The van der Waals surface area contributed by atoms with Gasteiger partial charge in [-0.3, -0.25) is 0 Å². The molecule has 21 heavy (non-hydrogen) atoms. The summed E-state index contributed by atoms with van der Waals surface area (Å²) in [5, 5.41) is 6.80. The standard InChI is InChI=1S/C15H25N3O2S/c1-2-10-18-21(19,20)15-7-5-14(6-8-15)17-12-9-13-4-3-11-16-13/h5-8,13,16-18H,2-4,9-12H2,1H3. The van der Waals surface area contributed by atoms with E-state index >= 15 is 0 Å². The van der Waals surface area contributed by atoms with Gasteiger partial charge in [0.1, 0.15) is 0 Å². The van der Waals surface area contributed by atoms with Gasteiger partial charge in [-0.05, 0) is 56.5 Å². The van der Waals surface area contributed by atoms with E-state index in [1.807, 2.05) is 19.1 Å². The van der Waals surface area contributed by atoms with Crippen molar-refractivity contribution < 1.29 is 8.42 Å². The van der Waals surface area contributed by atoms with Crippen molar-refractivity contribution in [2.45, 2.75) is 43.5 Å². The summed E-state index contributed by atoms with van der Waals surface area (Å²) in [5.74, 6) is 0. The molecule has 0 bridgehead atoms. The molecule has 1 saturated heterocycles. The Morgan fingerprint density at radius 1 is 1.24 bits per heavy atom. The number of rotatable bonds is 8. The largest absolute Gasteiger partial charge is 0.385 e. The van der Waals surface area contributed by atoms with Gasteiger partial charge in [-0.15, -0.1) is 0 Å². The van der Waals surface area contributed by atoms with Crippen LogP contribution in [-0.2, 0) is 10.0 Å². The average Bonchev–Trinajstić information content (AvgIpc) is 2.99. The first-order valence-electron chi connectivity index (χ1n) is 7.69. The molecule has 6 heteroatoms. The first-order valence-corrected chi connectivity index (χ1v) is 9.17. The Hall–Kier alpha value is -1.11. The molecule has 2 rings (SSSR count). The summed E-state index contributed by atoms with van der Waals surface area (Å²) in [6.07, 6.45) is 4.40. The number of sulfonamides is 1. The van der Waals surface area contributed by atoms with Gasteiger partial charge in [-0.2, -0.15) is 0 Å². The Morgan fingerprint density at radius 2 is 2.00 bits per heavy atom. The molecule has 0 amide bonds. The van der Waals surface area contributed by atoms with E-state index in [4.69, 9.17) is 0 Å². The van der Waals surface area contributed by atoms with Crippen LogP contribution in [0.3, 0.4) is 0 Å². The molecular formula is C15H25N3O2S. The van der Waals surface area contributed by atoms with Crippen molar-refractivity contribution in [3.8, 4) is 0 Å². The highest BCUT2D eigenvalue weighted by Crippen LogP contribution is 2.15. The predicted octanol–water partition coefficient (Wildman–Crippen LogP) is 1.93. The second kappa shape index (κ2) is 7.77. The number of nitrogens with one attached hydrogen (secondary N) is 3. The van der Waals surface area contributed by atoms with E-state index in [2.05, 4.69) is 15.4 Å². The summed E-state index contributed by atoms with van der Waals surface area (Å²) in [5.41, 5.74) is 0.961. The first kappa shape index (κ1) is 16.3. The van der Waals surface area contributed by atoms with E-state index in [1.54, 1.807) is 12.1 Å². The third-order valence-electron chi connectivity index (χ3n) is 3.69. The van der Waals surface area contributed by atoms with Crippen LogP contribution in [0, 0.1) is 0 Å². The fourth-order valence-corrected chi connectivity index (χ4v) is 3.60. The lowest BCUT2D eigenvalue weighted by molar-refractivity contribution is 0.574. The van der Waals surface area contributed by atoms with Crippen LogP contribution >= 0.6 is 0 Å². The van der Waals surface area contributed by atoms with Gasteiger partial charge < -0.3 is 10.6 Å². The number of hydrogen-bond acceptors (Lipinski definition) is 4. The Labute approximate surface area is 127 Å².